The van der Waals surface area contributed by atoms with Gasteiger partial charge in [-0.15, -0.1) is 0 Å². The Morgan fingerprint density at radius 3 is 2.55 bits per heavy atom. The van der Waals surface area contributed by atoms with Gasteiger partial charge in [0.05, 0.1) is 0 Å². The predicted octanol–water partition coefficient (Wildman–Crippen LogP) is 2.35. The lowest BCUT2D eigenvalue weighted by molar-refractivity contribution is -0.132. The third-order valence-electron chi connectivity index (χ3n) is 3.25. The zero-order valence-corrected chi connectivity index (χ0v) is 13.0. The lowest BCUT2D eigenvalue weighted by Gasteiger charge is -2.19. The van der Waals surface area contributed by atoms with E-state index in [9.17, 15) is 4.79 Å². The standard InChI is InChI=1S/C16H26N2O2/c1-5-17-11-14-10-13(4)8-9-15(14)20-12-16(19)18(6-2)7-3/h8-10,17H,5-7,11-12H2,1-4H3. The van der Waals surface area contributed by atoms with Crippen LogP contribution in [-0.2, 0) is 11.3 Å². The molecule has 1 N–H and O–H groups in total. The van der Waals surface area contributed by atoms with Crippen LogP contribution in [-0.4, -0.2) is 37.0 Å². The molecule has 0 aliphatic carbocycles. The average Bonchev–Trinajstić information content (AvgIpc) is 2.45. The molecule has 4 nitrogen and oxygen atoms in total. The van der Waals surface area contributed by atoms with Gasteiger partial charge in [-0.3, -0.25) is 4.79 Å². The van der Waals surface area contributed by atoms with Crippen molar-refractivity contribution in [1.82, 2.24) is 10.2 Å². The second kappa shape index (κ2) is 8.59. The van der Waals surface area contributed by atoms with Crippen molar-refractivity contribution in [2.45, 2.75) is 34.2 Å². The summed E-state index contributed by atoms with van der Waals surface area (Å²) in [6, 6.07) is 6.05. The second-order valence-corrected chi connectivity index (χ2v) is 4.75. The molecule has 0 aliphatic rings. The first-order valence-corrected chi connectivity index (χ1v) is 7.33. The van der Waals surface area contributed by atoms with E-state index in [0.717, 1.165) is 37.5 Å². The summed E-state index contributed by atoms with van der Waals surface area (Å²) in [5.41, 5.74) is 2.29. The fraction of sp³-hybridized carbons (Fsp3) is 0.562. The summed E-state index contributed by atoms with van der Waals surface area (Å²) in [7, 11) is 0. The molecular formula is C16H26N2O2. The Morgan fingerprint density at radius 1 is 1.25 bits per heavy atom. The molecule has 1 aromatic carbocycles. The highest BCUT2D eigenvalue weighted by Gasteiger charge is 2.11. The summed E-state index contributed by atoms with van der Waals surface area (Å²) in [6.07, 6.45) is 0. The highest BCUT2D eigenvalue weighted by Crippen LogP contribution is 2.20. The highest BCUT2D eigenvalue weighted by atomic mass is 16.5. The minimum atomic E-state index is 0.0324. The van der Waals surface area contributed by atoms with Crippen LogP contribution in [0, 0.1) is 6.92 Å². The van der Waals surface area contributed by atoms with E-state index < -0.39 is 0 Å². The Balaban J connectivity index is 2.69. The van der Waals surface area contributed by atoms with Gasteiger partial charge in [0.1, 0.15) is 5.75 Å². The number of hydrogen-bond donors (Lipinski definition) is 1. The van der Waals surface area contributed by atoms with E-state index in [1.165, 1.54) is 5.56 Å². The predicted molar refractivity (Wildman–Crippen MR) is 82.0 cm³/mol. The van der Waals surface area contributed by atoms with Crippen LogP contribution in [0.25, 0.3) is 0 Å². The molecule has 1 rings (SSSR count). The van der Waals surface area contributed by atoms with Crippen molar-refractivity contribution in [1.29, 1.82) is 0 Å². The van der Waals surface area contributed by atoms with E-state index >= 15 is 0 Å². The first kappa shape index (κ1) is 16.5. The van der Waals surface area contributed by atoms with Crippen molar-refractivity contribution in [2.24, 2.45) is 0 Å². The largest absolute Gasteiger partial charge is 0.483 e. The number of amides is 1. The maximum Gasteiger partial charge on any atom is 0.260 e. The maximum absolute atomic E-state index is 12.0. The molecule has 0 aromatic heterocycles. The SMILES string of the molecule is CCNCc1cc(C)ccc1OCC(=O)N(CC)CC. The van der Waals surface area contributed by atoms with Crippen molar-refractivity contribution in [3.8, 4) is 5.75 Å². The Morgan fingerprint density at radius 2 is 1.95 bits per heavy atom. The number of nitrogens with zero attached hydrogens (tertiary/aromatic N) is 1. The summed E-state index contributed by atoms with van der Waals surface area (Å²) >= 11 is 0. The van der Waals surface area contributed by atoms with Crippen LogP contribution in [0.4, 0.5) is 0 Å². The van der Waals surface area contributed by atoms with Gasteiger partial charge in [-0.1, -0.05) is 24.6 Å². The Bertz CT molecular complexity index is 428. The number of likely N-dealkylation sites (N-methyl/N-ethyl adjacent to an activating group) is 1. The smallest absolute Gasteiger partial charge is 0.260 e. The summed E-state index contributed by atoms with van der Waals surface area (Å²) < 4.78 is 5.70. The molecule has 0 spiro atoms. The molecular weight excluding hydrogens is 252 g/mol. The minimum absolute atomic E-state index is 0.0324. The number of nitrogens with one attached hydrogen (secondary N) is 1. The lowest BCUT2D eigenvalue weighted by atomic mass is 10.1. The highest BCUT2D eigenvalue weighted by molar-refractivity contribution is 5.77. The molecule has 4 heteroatoms. The van der Waals surface area contributed by atoms with Crippen molar-refractivity contribution in [2.75, 3.05) is 26.2 Å². The normalized spacial score (nSPS) is 10.4. The number of hydrogen-bond acceptors (Lipinski definition) is 3. The van der Waals surface area contributed by atoms with Gasteiger partial charge in [0, 0.05) is 25.2 Å². The fourth-order valence-electron chi connectivity index (χ4n) is 2.05. The Hall–Kier alpha value is -1.55. The number of ether oxygens (including phenoxy) is 1. The van der Waals surface area contributed by atoms with E-state index in [1.54, 1.807) is 4.90 Å². The molecule has 0 aliphatic heterocycles. The Kier molecular flexibility index (Phi) is 7.09. The van der Waals surface area contributed by atoms with E-state index in [2.05, 4.69) is 25.2 Å². The molecule has 1 aromatic rings. The number of carbonyl (C=O) groups is 1. The van der Waals surface area contributed by atoms with E-state index in [1.807, 2.05) is 26.0 Å². The molecule has 0 bridgehead atoms. The number of rotatable bonds is 8. The van der Waals surface area contributed by atoms with Gasteiger partial charge in [-0.25, -0.2) is 0 Å². The van der Waals surface area contributed by atoms with E-state index in [-0.39, 0.29) is 12.5 Å². The second-order valence-electron chi connectivity index (χ2n) is 4.75. The number of benzene rings is 1. The van der Waals surface area contributed by atoms with Crippen LogP contribution < -0.4 is 10.1 Å². The average molecular weight is 278 g/mol. The molecule has 0 saturated heterocycles. The third-order valence-corrected chi connectivity index (χ3v) is 3.25. The van der Waals surface area contributed by atoms with Gasteiger partial charge in [0.2, 0.25) is 0 Å². The topological polar surface area (TPSA) is 41.6 Å². The van der Waals surface area contributed by atoms with Crippen LogP contribution in [0.1, 0.15) is 31.9 Å². The zero-order chi connectivity index (χ0) is 15.0. The maximum atomic E-state index is 12.0. The van der Waals surface area contributed by atoms with Crippen molar-refractivity contribution < 1.29 is 9.53 Å². The first-order valence-electron chi connectivity index (χ1n) is 7.33. The van der Waals surface area contributed by atoms with Crippen LogP contribution in [0.2, 0.25) is 0 Å². The molecule has 0 atom stereocenters. The fourth-order valence-corrected chi connectivity index (χ4v) is 2.05. The van der Waals surface area contributed by atoms with Gasteiger partial charge in [0.15, 0.2) is 6.61 Å². The lowest BCUT2D eigenvalue weighted by Crippen LogP contribution is -2.34. The third kappa shape index (κ3) is 4.85. The van der Waals surface area contributed by atoms with Gasteiger partial charge < -0.3 is 15.0 Å². The summed E-state index contributed by atoms with van der Waals surface area (Å²) in [5.74, 6) is 0.821. The van der Waals surface area contributed by atoms with Gasteiger partial charge in [-0.2, -0.15) is 0 Å². The number of carbonyl (C=O) groups excluding carboxylic acids is 1. The molecule has 0 fully saturated rings. The van der Waals surface area contributed by atoms with Crippen molar-refractivity contribution in [3.05, 3.63) is 29.3 Å². The summed E-state index contributed by atoms with van der Waals surface area (Å²) in [6.45, 7) is 11.3. The molecule has 0 unspecified atom stereocenters. The zero-order valence-electron chi connectivity index (χ0n) is 13.0. The monoisotopic (exact) mass is 278 g/mol. The van der Waals surface area contributed by atoms with E-state index in [0.29, 0.717) is 0 Å². The Labute approximate surface area is 122 Å². The first-order chi connectivity index (χ1) is 9.62. The van der Waals surface area contributed by atoms with E-state index in [4.69, 9.17) is 4.74 Å². The van der Waals surface area contributed by atoms with Gasteiger partial charge in [-0.05, 0) is 33.4 Å². The van der Waals surface area contributed by atoms with Crippen molar-refractivity contribution >= 4 is 5.91 Å². The van der Waals surface area contributed by atoms with Crippen molar-refractivity contribution in [3.63, 3.8) is 0 Å². The van der Waals surface area contributed by atoms with Gasteiger partial charge >= 0.3 is 0 Å². The quantitative estimate of drug-likeness (QED) is 0.793. The van der Waals surface area contributed by atoms with Crippen LogP contribution in [0.15, 0.2) is 18.2 Å². The number of aryl methyl sites for hydroxylation is 1. The minimum Gasteiger partial charge on any atom is -0.483 e. The molecule has 0 heterocycles. The van der Waals surface area contributed by atoms with Gasteiger partial charge in [0.25, 0.3) is 5.91 Å². The molecule has 20 heavy (non-hydrogen) atoms. The van der Waals surface area contributed by atoms with Crippen LogP contribution in [0.3, 0.4) is 0 Å². The van der Waals surface area contributed by atoms with Crippen LogP contribution in [0.5, 0.6) is 5.75 Å². The molecule has 1 amide bonds. The summed E-state index contributed by atoms with van der Waals surface area (Å²) in [5, 5.41) is 3.29. The van der Waals surface area contributed by atoms with Crippen LogP contribution >= 0.6 is 0 Å². The molecule has 0 saturated carbocycles. The molecule has 112 valence electrons. The summed E-state index contributed by atoms with van der Waals surface area (Å²) in [4.78, 5) is 13.7. The molecule has 0 radical (unpaired) electrons.